The van der Waals surface area contributed by atoms with Gasteiger partial charge in [0, 0.05) is 13.1 Å². The van der Waals surface area contributed by atoms with E-state index < -0.39 is 0 Å². The Morgan fingerprint density at radius 2 is 1.93 bits per heavy atom. The predicted molar refractivity (Wildman–Crippen MR) is 64.7 cm³/mol. The van der Waals surface area contributed by atoms with E-state index in [4.69, 9.17) is 5.73 Å². The van der Waals surface area contributed by atoms with Crippen LogP contribution in [-0.4, -0.2) is 31.1 Å². The van der Waals surface area contributed by atoms with Crippen molar-refractivity contribution in [3.8, 4) is 0 Å². The zero-order chi connectivity index (χ0) is 10.7. The van der Waals surface area contributed by atoms with Crippen LogP contribution in [0.2, 0.25) is 0 Å². The lowest BCUT2D eigenvalue weighted by Crippen LogP contribution is -2.44. The fraction of sp³-hybridized carbons (Fsp3) is 1.00. The number of nitrogens with two attached hydrogens (primary N) is 1. The first-order valence-corrected chi connectivity index (χ1v) is 6.72. The molecule has 1 aliphatic carbocycles. The van der Waals surface area contributed by atoms with Gasteiger partial charge in [-0.3, -0.25) is 0 Å². The number of hydrogen-bond acceptors (Lipinski definition) is 2. The fourth-order valence-corrected chi connectivity index (χ4v) is 3.26. The van der Waals surface area contributed by atoms with Crippen molar-refractivity contribution >= 4 is 0 Å². The molecule has 0 amide bonds. The van der Waals surface area contributed by atoms with E-state index in [-0.39, 0.29) is 0 Å². The summed E-state index contributed by atoms with van der Waals surface area (Å²) in [4.78, 5) is 2.67. The smallest absolute Gasteiger partial charge is 0.00244 e. The Morgan fingerprint density at radius 3 is 2.60 bits per heavy atom. The Morgan fingerprint density at radius 1 is 1.20 bits per heavy atom. The quantitative estimate of drug-likeness (QED) is 0.773. The molecule has 2 rings (SSSR count). The molecule has 0 aromatic heterocycles. The van der Waals surface area contributed by atoms with Gasteiger partial charge in [-0.05, 0) is 50.1 Å². The van der Waals surface area contributed by atoms with Gasteiger partial charge in [-0.2, -0.15) is 0 Å². The molecule has 2 fully saturated rings. The summed E-state index contributed by atoms with van der Waals surface area (Å²) in [5.41, 5.74) is 5.84. The van der Waals surface area contributed by atoms with Crippen LogP contribution in [0.3, 0.4) is 0 Å². The van der Waals surface area contributed by atoms with E-state index in [1.165, 1.54) is 51.7 Å². The van der Waals surface area contributed by atoms with E-state index in [0.717, 1.165) is 24.3 Å². The van der Waals surface area contributed by atoms with Crippen LogP contribution in [0.1, 0.15) is 39.0 Å². The highest BCUT2D eigenvalue weighted by atomic mass is 15.1. The third kappa shape index (κ3) is 2.94. The number of nitrogens with zero attached hydrogens (tertiary/aromatic N) is 1. The van der Waals surface area contributed by atoms with E-state index in [0.29, 0.717) is 0 Å². The number of likely N-dealkylation sites (tertiary alicyclic amines) is 1. The lowest BCUT2D eigenvalue weighted by Gasteiger charge is -2.37. The van der Waals surface area contributed by atoms with E-state index >= 15 is 0 Å². The first kappa shape index (κ1) is 11.4. The molecule has 0 bridgehead atoms. The van der Waals surface area contributed by atoms with Gasteiger partial charge in [0.25, 0.3) is 0 Å². The molecule has 1 aliphatic heterocycles. The molecule has 1 saturated carbocycles. The lowest BCUT2D eigenvalue weighted by molar-refractivity contribution is 0.116. The molecule has 1 saturated heterocycles. The minimum atomic E-state index is 0.750. The van der Waals surface area contributed by atoms with Crippen molar-refractivity contribution in [2.75, 3.05) is 26.2 Å². The molecular weight excluding hydrogens is 184 g/mol. The molecule has 15 heavy (non-hydrogen) atoms. The van der Waals surface area contributed by atoms with Crippen molar-refractivity contribution in [2.24, 2.45) is 23.5 Å². The Balaban J connectivity index is 1.78. The fourth-order valence-electron chi connectivity index (χ4n) is 3.26. The first-order chi connectivity index (χ1) is 7.29. The van der Waals surface area contributed by atoms with Crippen LogP contribution in [0.15, 0.2) is 0 Å². The highest BCUT2D eigenvalue weighted by Gasteiger charge is 2.27. The predicted octanol–water partition coefficient (Wildman–Crippen LogP) is 2.09. The molecule has 2 heteroatoms. The number of rotatable bonds is 3. The normalized spacial score (nSPS) is 34.8. The molecule has 2 nitrogen and oxygen atoms in total. The molecule has 0 radical (unpaired) electrons. The summed E-state index contributed by atoms with van der Waals surface area (Å²) < 4.78 is 0. The Hall–Kier alpha value is -0.0800. The van der Waals surface area contributed by atoms with E-state index in [1.807, 2.05) is 0 Å². The van der Waals surface area contributed by atoms with Gasteiger partial charge in [-0.1, -0.05) is 19.8 Å². The third-order valence-electron chi connectivity index (χ3n) is 4.49. The van der Waals surface area contributed by atoms with Gasteiger partial charge in [-0.25, -0.2) is 0 Å². The van der Waals surface area contributed by atoms with Crippen LogP contribution in [0, 0.1) is 17.8 Å². The topological polar surface area (TPSA) is 29.3 Å². The number of hydrogen-bond donors (Lipinski definition) is 1. The molecule has 0 aromatic rings. The van der Waals surface area contributed by atoms with Crippen LogP contribution >= 0.6 is 0 Å². The van der Waals surface area contributed by atoms with Gasteiger partial charge in [-0.15, -0.1) is 0 Å². The zero-order valence-corrected chi connectivity index (χ0v) is 10.1. The Labute approximate surface area is 94.2 Å². The second kappa shape index (κ2) is 5.31. The lowest BCUT2D eigenvalue weighted by atomic mass is 9.86. The largest absolute Gasteiger partial charge is 0.330 e. The summed E-state index contributed by atoms with van der Waals surface area (Å²) in [6.45, 7) is 7.17. The third-order valence-corrected chi connectivity index (χ3v) is 4.49. The molecule has 0 aromatic carbocycles. The van der Waals surface area contributed by atoms with Crippen molar-refractivity contribution in [3.05, 3.63) is 0 Å². The molecule has 2 N–H and O–H groups in total. The second-order valence-electron chi connectivity index (χ2n) is 5.67. The molecule has 2 atom stereocenters. The molecule has 88 valence electrons. The Kier molecular flexibility index (Phi) is 4.04. The maximum absolute atomic E-state index is 5.84. The van der Waals surface area contributed by atoms with E-state index in [9.17, 15) is 0 Å². The Bertz CT molecular complexity index is 185. The summed E-state index contributed by atoms with van der Waals surface area (Å²) in [6.07, 6.45) is 7.23. The van der Waals surface area contributed by atoms with E-state index in [1.54, 1.807) is 0 Å². The van der Waals surface area contributed by atoms with Crippen LogP contribution in [0.4, 0.5) is 0 Å². The van der Waals surface area contributed by atoms with Crippen molar-refractivity contribution in [1.82, 2.24) is 4.90 Å². The molecule has 2 aliphatic rings. The van der Waals surface area contributed by atoms with Crippen molar-refractivity contribution in [1.29, 1.82) is 0 Å². The van der Waals surface area contributed by atoms with Crippen molar-refractivity contribution in [3.63, 3.8) is 0 Å². The van der Waals surface area contributed by atoms with Crippen LogP contribution in [-0.2, 0) is 0 Å². The minimum absolute atomic E-state index is 0.750. The van der Waals surface area contributed by atoms with Gasteiger partial charge >= 0.3 is 0 Å². The van der Waals surface area contributed by atoms with Gasteiger partial charge in [0.1, 0.15) is 0 Å². The zero-order valence-electron chi connectivity index (χ0n) is 10.1. The summed E-state index contributed by atoms with van der Waals surface area (Å²) >= 11 is 0. The summed E-state index contributed by atoms with van der Waals surface area (Å²) in [5, 5.41) is 0. The minimum Gasteiger partial charge on any atom is -0.330 e. The van der Waals surface area contributed by atoms with Gasteiger partial charge in [0.15, 0.2) is 0 Å². The molecule has 0 spiro atoms. The SMILES string of the molecule is CC1CCN(CC2CCCC2)CC1CN. The van der Waals surface area contributed by atoms with Crippen molar-refractivity contribution in [2.45, 2.75) is 39.0 Å². The molecule has 2 unspecified atom stereocenters. The average molecular weight is 210 g/mol. The summed E-state index contributed by atoms with van der Waals surface area (Å²) in [6, 6.07) is 0. The monoisotopic (exact) mass is 210 g/mol. The van der Waals surface area contributed by atoms with E-state index in [2.05, 4.69) is 11.8 Å². The van der Waals surface area contributed by atoms with Crippen LogP contribution in [0.25, 0.3) is 0 Å². The highest BCUT2D eigenvalue weighted by molar-refractivity contribution is 4.81. The van der Waals surface area contributed by atoms with Crippen molar-refractivity contribution < 1.29 is 0 Å². The standard InChI is InChI=1S/C13H26N2/c1-11-6-7-15(10-13(11)8-14)9-12-4-2-3-5-12/h11-13H,2-10,14H2,1H3. The molecular formula is C13H26N2. The first-order valence-electron chi connectivity index (χ1n) is 6.72. The van der Waals surface area contributed by atoms with Gasteiger partial charge in [0.2, 0.25) is 0 Å². The van der Waals surface area contributed by atoms with Gasteiger partial charge in [0.05, 0.1) is 0 Å². The highest BCUT2D eigenvalue weighted by Crippen LogP contribution is 2.28. The number of piperidine rings is 1. The summed E-state index contributed by atoms with van der Waals surface area (Å²) in [7, 11) is 0. The van der Waals surface area contributed by atoms with Crippen LogP contribution in [0.5, 0.6) is 0 Å². The molecule has 1 heterocycles. The summed E-state index contributed by atoms with van der Waals surface area (Å²) in [5.74, 6) is 2.59. The van der Waals surface area contributed by atoms with Crippen LogP contribution < -0.4 is 5.73 Å². The average Bonchev–Trinajstić information content (AvgIpc) is 2.73. The second-order valence-corrected chi connectivity index (χ2v) is 5.67. The maximum atomic E-state index is 5.84. The van der Waals surface area contributed by atoms with Gasteiger partial charge < -0.3 is 10.6 Å². The maximum Gasteiger partial charge on any atom is 0.00244 e.